The van der Waals surface area contributed by atoms with Crippen LogP contribution < -0.4 is 10.9 Å². The van der Waals surface area contributed by atoms with Gasteiger partial charge in [-0.25, -0.2) is 9.97 Å². The van der Waals surface area contributed by atoms with Crippen LogP contribution in [0.15, 0.2) is 35.1 Å². The minimum atomic E-state index is -0.528. The number of carbonyl (C=O) groups excluding carboxylic acids is 2. The smallest absolute Gasteiger partial charge is 0.305 e. The maximum absolute atomic E-state index is 11.9. The number of amides is 2. The summed E-state index contributed by atoms with van der Waals surface area (Å²) >= 11 is 0. The number of aromatic nitrogens is 2. The summed E-state index contributed by atoms with van der Waals surface area (Å²) in [5.74, 6) is 0.135. The molecule has 7 heteroatoms. The highest BCUT2D eigenvalue weighted by molar-refractivity contribution is 5.96. The third-order valence-electron chi connectivity index (χ3n) is 2.88. The molecule has 2 amide bonds. The lowest BCUT2D eigenvalue weighted by molar-refractivity contribution is 0.0828. The van der Waals surface area contributed by atoms with E-state index >= 15 is 0 Å². The molecule has 0 bridgehead atoms. The monoisotopic (exact) mass is 272 g/mol. The van der Waals surface area contributed by atoms with Crippen LogP contribution in [0, 0.1) is 0 Å². The van der Waals surface area contributed by atoms with Gasteiger partial charge in [-0.3, -0.25) is 20.4 Å². The number of nitrogens with one attached hydrogen (secondary N) is 2. The molecule has 0 spiro atoms. The fourth-order valence-electron chi connectivity index (χ4n) is 1.69. The van der Waals surface area contributed by atoms with Gasteiger partial charge < -0.3 is 4.42 Å². The van der Waals surface area contributed by atoms with Crippen molar-refractivity contribution in [2.75, 3.05) is 0 Å². The summed E-state index contributed by atoms with van der Waals surface area (Å²) in [5, 5.41) is 0. The molecule has 0 aliphatic heterocycles. The molecule has 1 fully saturated rings. The molecule has 0 radical (unpaired) electrons. The van der Waals surface area contributed by atoms with E-state index in [1.807, 2.05) is 0 Å². The second-order valence-electron chi connectivity index (χ2n) is 4.46. The number of carbonyl (C=O) groups is 2. The summed E-state index contributed by atoms with van der Waals surface area (Å²) in [6.07, 6.45) is 5.04. The van der Waals surface area contributed by atoms with Crippen LogP contribution >= 0.6 is 0 Å². The molecule has 1 aliphatic carbocycles. The topological polar surface area (TPSA) is 97.1 Å². The highest BCUT2D eigenvalue weighted by Crippen LogP contribution is 2.37. The number of hydrogen-bond acceptors (Lipinski definition) is 5. The molecule has 2 aromatic rings. The molecule has 0 aromatic carbocycles. The lowest BCUT2D eigenvalue weighted by Gasteiger charge is -2.06. The van der Waals surface area contributed by atoms with Crippen molar-refractivity contribution in [2.45, 2.75) is 18.8 Å². The molecule has 0 saturated heterocycles. The van der Waals surface area contributed by atoms with Crippen molar-refractivity contribution in [3.05, 3.63) is 47.9 Å². The average Bonchev–Trinajstić information content (AvgIpc) is 3.19. The average molecular weight is 272 g/mol. The van der Waals surface area contributed by atoms with Gasteiger partial charge in [-0.2, -0.15) is 0 Å². The van der Waals surface area contributed by atoms with E-state index in [-0.39, 0.29) is 11.5 Å². The van der Waals surface area contributed by atoms with Crippen molar-refractivity contribution in [1.82, 2.24) is 20.8 Å². The molecular weight excluding hydrogens is 260 g/mol. The fourth-order valence-corrected chi connectivity index (χ4v) is 1.69. The Hall–Kier alpha value is -2.70. The van der Waals surface area contributed by atoms with Crippen LogP contribution in [0.4, 0.5) is 0 Å². The van der Waals surface area contributed by atoms with E-state index in [4.69, 9.17) is 4.42 Å². The molecule has 1 aliphatic rings. The minimum Gasteiger partial charge on any atom is -0.459 e. The molecule has 3 rings (SSSR count). The van der Waals surface area contributed by atoms with Gasteiger partial charge in [-0.15, -0.1) is 0 Å². The molecule has 2 N–H and O–H groups in total. The summed E-state index contributed by atoms with van der Waals surface area (Å²) < 4.78 is 4.90. The zero-order chi connectivity index (χ0) is 13.9. The van der Waals surface area contributed by atoms with Gasteiger partial charge in [0.05, 0.1) is 6.26 Å². The maximum atomic E-state index is 11.9. The first kappa shape index (κ1) is 12.3. The Balaban J connectivity index is 1.61. The van der Waals surface area contributed by atoms with E-state index in [0.717, 1.165) is 12.8 Å². The quantitative estimate of drug-likeness (QED) is 0.813. The van der Waals surface area contributed by atoms with Crippen molar-refractivity contribution in [3.63, 3.8) is 0 Å². The van der Waals surface area contributed by atoms with E-state index < -0.39 is 11.8 Å². The van der Waals surface area contributed by atoms with Crippen LogP contribution in [0.25, 0.3) is 0 Å². The third kappa shape index (κ3) is 2.66. The van der Waals surface area contributed by atoms with Crippen molar-refractivity contribution in [1.29, 1.82) is 0 Å². The van der Waals surface area contributed by atoms with E-state index in [0.29, 0.717) is 11.7 Å². The Morgan fingerprint density at radius 1 is 1.20 bits per heavy atom. The normalized spacial score (nSPS) is 13.8. The Morgan fingerprint density at radius 3 is 2.70 bits per heavy atom. The number of furan rings is 1. The van der Waals surface area contributed by atoms with Gasteiger partial charge >= 0.3 is 5.91 Å². The van der Waals surface area contributed by atoms with Crippen LogP contribution in [0.1, 0.15) is 45.6 Å². The van der Waals surface area contributed by atoms with Crippen molar-refractivity contribution in [2.24, 2.45) is 0 Å². The molecule has 1 saturated carbocycles. The van der Waals surface area contributed by atoms with Crippen LogP contribution in [0.3, 0.4) is 0 Å². The fraction of sp³-hybridized carbons (Fsp3) is 0.231. The number of hydrogen-bond donors (Lipinski definition) is 2. The minimum absolute atomic E-state index is 0.117. The molecule has 20 heavy (non-hydrogen) atoms. The van der Waals surface area contributed by atoms with E-state index in [1.54, 1.807) is 12.3 Å². The van der Waals surface area contributed by atoms with E-state index in [2.05, 4.69) is 20.8 Å². The zero-order valence-corrected chi connectivity index (χ0v) is 10.5. The van der Waals surface area contributed by atoms with Gasteiger partial charge in [0.1, 0.15) is 11.5 Å². The van der Waals surface area contributed by atoms with Gasteiger partial charge in [-0.1, -0.05) is 0 Å². The summed E-state index contributed by atoms with van der Waals surface area (Å²) in [4.78, 5) is 31.7. The molecule has 2 aromatic heterocycles. The molecule has 0 unspecified atom stereocenters. The second-order valence-corrected chi connectivity index (χ2v) is 4.46. The standard InChI is InChI=1S/C13H12N4O3/c18-12(16-17-13(19)10-2-1-7-20-10)9-5-6-14-11(15-9)8-3-4-8/h1-2,5-8H,3-4H2,(H,16,18)(H,17,19). The summed E-state index contributed by atoms with van der Waals surface area (Å²) in [6.45, 7) is 0. The largest absolute Gasteiger partial charge is 0.459 e. The Morgan fingerprint density at radius 2 is 2.00 bits per heavy atom. The lowest BCUT2D eigenvalue weighted by Crippen LogP contribution is -2.41. The summed E-state index contributed by atoms with van der Waals surface area (Å²) in [7, 11) is 0. The SMILES string of the molecule is O=C(NNC(=O)c1ccco1)c1ccnc(C2CC2)n1. The highest BCUT2D eigenvalue weighted by Gasteiger charge is 2.27. The first-order chi connectivity index (χ1) is 9.74. The maximum Gasteiger partial charge on any atom is 0.305 e. The highest BCUT2D eigenvalue weighted by atomic mass is 16.3. The van der Waals surface area contributed by atoms with Gasteiger partial charge in [-0.05, 0) is 31.0 Å². The van der Waals surface area contributed by atoms with Crippen LogP contribution in [-0.2, 0) is 0 Å². The Bertz CT molecular complexity index is 635. The van der Waals surface area contributed by atoms with Crippen LogP contribution in [0.5, 0.6) is 0 Å². The third-order valence-corrected chi connectivity index (χ3v) is 2.88. The predicted octanol–water partition coefficient (Wildman–Crippen LogP) is 1.02. The molecule has 0 atom stereocenters. The molecule has 7 nitrogen and oxygen atoms in total. The van der Waals surface area contributed by atoms with Gasteiger partial charge in [0.2, 0.25) is 0 Å². The van der Waals surface area contributed by atoms with Crippen molar-refractivity contribution in [3.8, 4) is 0 Å². The van der Waals surface area contributed by atoms with Crippen molar-refractivity contribution < 1.29 is 14.0 Å². The number of rotatable bonds is 3. The first-order valence-corrected chi connectivity index (χ1v) is 6.21. The molecule has 102 valence electrons. The van der Waals surface area contributed by atoms with E-state index in [9.17, 15) is 9.59 Å². The van der Waals surface area contributed by atoms with Crippen LogP contribution in [-0.4, -0.2) is 21.8 Å². The first-order valence-electron chi connectivity index (χ1n) is 6.21. The zero-order valence-electron chi connectivity index (χ0n) is 10.5. The summed E-state index contributed by atoms with van der Waals surface area (Å²) in [6, 6.07) is 4.58. The van der Waals surface area contributed by atoms with Gasteiger partial charge in [0.15, 0.2) is 5.76 Å². The Labute approximate surface area is 114 Å². The molecule has 2 heterocycles. The second kappa shape index (κ2) is 5.12. The summed E-state index contributed by atoms with van der Waals surface area (Å²) in [5.41, 5.74) is 4.76. The lowest BCUT2D eigenvalue weighted by atomic mass is 10.3. The van der Waals surface area contributed by atoms with Gasteiger partial charge in [0, 0.05) is 12.1 Å². The number of nitrogens with zero attached hydrogens (tertiary/aromatic N) is 2. The Kier molecular flexibility index (Phi) is 3.16. The predicted molar refractivity (Wildman–Crippen MR) is 67.6 cm³/mol. The van der Waals surface area contributed by atoms with Crippen molar-refractivity contribution >= 4 is 11.8 Å². The molecular formula is C13H12N4O3. The van der Waals surface area contributed by atoms with E-state index in [1.165, 1.54) is 18.4 Å². The van der Waals surface area contributed by atoms with Crippen LogP contribution in [0.2, 0.25) is 0 Å². The van der Waals surface area contributed by atoms with Gasteiger partial charge in [0.25, 0.3) is 5.91 Å². The number of hydrazine groups is 1.